The maximum Gasteiger partial charge on any atom is 0.227 e. The topological polar surface area (TPSA) is 32.3 Å². The molecule has 0 unspecified atom stereocenters. The van der Waals surface area contributed by atoms with Gasteiger partial charge in [-0.3, -0.25) is 4.79 Å². The van der Waals surface area contributed by atoms with Gasteiger partial charge in [-0.1, -0.05) is 12.1 Å². The summed E-state index contributed by atoms with van der Waals surface area (Å²) in [6, 6.07) is 8.45. The SMILES string of the molecule is C[C@@H]1CNCCN1C(=O)Cc1cccc(I)c1. The summed E-state index contributed by atoms with van der Waals surface area (Å²) in [5, 5.41) is 3.30. The van der Waals surface area contributed by atoms with E-state index in [-0.39, 0.29) is 5.91 Å². The summed E-state index contributed by atoms with van der Waals surface area (Å²) in [5.74, 6) is 0.237. The molecule has 1 aromatic rings. The third-order valence-corrected chi connectivity index (χ3v) is 3.74. The first-order valence-corrected chi connectivity index (χ1v) is 6.99. The van der Waals surface area contributed by atoms with Crippen LogP contribution in [0.15, 0.2) is 24.3 Å². The molecule has 1 aromatic carbocycles. The van der Waals surface area contributed by atoms with Crippen molar-refractivity contribution in [1.29, 1.82) is 0 Å². The minimum absolute atomic E-state index is 0.237. The third kappa shape index (κ3) is 3.42. The van der Waals surface area contributed by atoms with Crippen LogP contribution in [0.5, 0.6) is 0 Å². The molecule has 1 aliphatic heterocycles. The smallest absolute Gasteiger partial charge is 0.227 e. The minimum Gasteiger partial charge on any atom is -0.337 e. The van der Waals surface area contributed by atoms with Gasteiger partial charge in [0.25, 0.3) is 0 Å². The van der Waals surface area contributed by atoms with Crippen molar-refractivity contribution < 1.29 is 4.79 Å². The van der Waals surface area contributed by atoms with E-state index in [0.29, 0.717) is 12.5 Å². The first-order chi connectivity index (χ1) is 8.16. The van der Waals surface area contributed by atoms with Crippen molar-refractivity contribution in [2.24, 2.45) is 0 Å². The predicted molar refractivity (Wildman–Crippen MR) is 76.9 cm³/mol. The molecule has 0 aliphatic carbocycles. The van der Waals surface area contributed by atoms with E-state index in [9.17, 15) is 4.79 Å². The number of hydrogen-bond donors (Lipinski definition) is 1. The lowest BCUT2D eigenvalue weighted by Crippen LogP contribution is -2.52. The number of benzene rings is 1. The van der Waals surface area contributed by atoms with Gasteiger partial charge in [0, 0.05) is 29.2 Å². The summed E-state index contributed by atoms with van der Waals surface area (Å²) in [4.78, 5) is 14.2. The van der Waals surface area contributed by atoms with Crippen LogP contribution < -0.4 is 5.32 Å². The molecule has 3 nitrogen and oxygen atoms in total. The van der Waals surface area contributed by atoms with Crippen molar-refractivity contribution >= 4 is 28.5 Å². The van der Waals surface area contributed by atoms with Crippen molar-refractivity contribution in [3.63, 3.8) is 0 Å². The molecule has 0 aromatic heterocycles. The standard InChI is InChI=1S/C13H17IN2O/c1-10-9-15-5-6-16(10)13(17)8-11-3-2-4-12(14)7-11/h2-4,7,10,15H,5-6,8-9H2,1H3/t10-/m1/s1. The van der Waals surface area contributed by atoms with Crippen LogP contribution in [-0.4, -0.2) is 36.5 Å². The summed E-state index contributed by atoms with van der Waals surface area (Å²) in [6.45, 7) is 4.73. The Morgan fingerprint density at radius 3 is 3.12 bits per heavy atom. The lowest BCUT2D eigenvalue weighted by Gasteiger charge is -2.34. The van der Waals surface area contributed by atoms with Crippen LogP contribution in [-0.2, 0) is 11.2 Å². The number of carbonyl (C=O) groups excluding carboxylic acids is 1. The fourth-order valence-corrected chi connectivity index (χ4v) is 2.74. The van der Waals surface area contributed by atoms with E-state index < -0.39 is 0 Å². The number of nitrogens with one attached hydrogen (secondary N) is 1. The number of halogens is 1. The maximum absolute atomic E-state index is 12.2. The van der Waals surface area contributed by atoms with Gasteiger partial charge in [-0.15, -0.1) is 0 Å². The van der Waals surface area contributed by atoms with Crippen LogP contribution in [0.2, 0.25) is 0 Å². The van der Waals surface area contributed by atoms with Crippen molar-refractivity contribution in [2.45, 2.75) is 19.4 Å². The third-order valence-electron chi connectivity index (χ3n) is 3.07. The van der Waals surface area contributed by atoms with Gasteiger partial charge in [0.05, 0.1) is 6.42 Å². The van der Waals surface area contributed by atoms with E-state index in [1.54, 1.807) is 0 Å². The molecule has 92 valence electrons. The highest BCUT2D eigenvalue weighted by Gasteiger charge is 2.22. The van der Waals surface area contributed by atoms with Gasteiger partial charge in [0.15, 0.2) is 0 Å². The van der Waals surface area contributed by atoms with E-state index >= 15 is 0 Å². The van der Waals surface area contributed by atoms with Crippen molar-refractivity contribution in [2.75, 3.05) is 19.6 Å². The molecule has 1 atom stereocenters. The first kappa shape index (κ1) is 12.8. The first-order valence-electron chi connectivity index (χ1n) is 5.91. The number of carbonyl (C=O) groups is 1. The zero-order valence-electron chi connectivity index (χ0n) is 9.95. The monoisotopic (exact) mass is 344 g/mol. The molecule has 1 fully saturated rings. The Morgan fingerprint density at radius 1 is 1.59 bits per heavy atom. The second-order valence-corrected chi connectivity index (χ2v) is 5.69. The molecule has 1 heterocycles. The molecular formula is C13H17IN2O. The molecule has 0 radical (unpaired) electrons. The van der Waals surface area contributed by atoms with E-state index in [1.165, 1.54) is 3.57 Å². The molecule has 1 amide bonds. The molecule has 0 saturated carbocycles. The van der Waals surface area contributed by atoms with E-state index in [0.717, 1.165) is 25.2 Å². The van der Waals surface area contributed by atoms with Crippen molar-refractivity contribution in [3.05, 3.63) is 33.4 Å². The normalized spacial score (nSPS) is 20.4. The van der Waals surface area contributed by atoms with Crippen molar-refractivity contribution in [3.8, 4) is 0 Å². The van der Waals surface area contributed by atoms with Gasteiger partial charge in [-0.25, -0.2) is 0 Å². The fourth-order valence-electron chi connectivity index (χ4n) is 2.13. The molecule has 0 spiro atoms. The summed E-state index contributed by atoms with van der Waals surface area (Å²) in [6.07, 6.45) is 0.515. The van der Waals surface area contributed by atoms with E-state index in [2.05, 4.69) is 40.9 Å². The number of nitrogens with zero attached hydrogens (tertiary/aromatic N) is 1. The second kappa shape index (κ2) is 5.82. The lowest BCUT2D eigenvalue weighted by atomic mass is 10.1. The zero-order chi connectivity index (χ0) is 12.3. The highest BCUT2D eigenvalue weighted by molar-refractivity contribution is 14.1. The molecule has 4 heteroatoms. The number of piperazine rings is 1. The molecular weight excluding hydrogens is 327 g/mol. The van der Waals surface area contributed by atoms with Crippen LogP contribution in [0.4, 0.5) is 0 Å². The van der Waals surface area contributed by atoms with Gasteiger partial charge in [-0.2, -0.15) is 0 Å². The molecule has 0 bridgehead atoms. The molecule has 2 rings (SSSR count). The van der Waals surface area contributed by atoms with Gasteiger partial charge < -0.3 is 10.2 Å². The highest BCUT2D eigenvalue weighted by Crippen LogP contribution is 2.11. The Balaban J connectivity index is 2.01. The Kier molecular flexibility index (Phi) is 4.39. The Bertz CT molecular complexity index is 408. The number of amides is 1. The maximum atomic E-state index is 12.2. The molecule has 1 saturated heterocycles. The van der Waals surface area contributed by atoms with Crippen LogP contribution in [0.3, 0.4) is 0 Å². The van der Waals surface area contributed by atoms with Crippen LogP contribution in [0.1, 0.15) is 12.5 Å². The Hall–Kier alpha value is -0.620. The lowest BCUT2D eigenvalue weighted by molar-refractivity contribution is -0.133. The molecule has 1 N–H and O–H groups in total. The minimum atomic E-state index is 0.237. The molecule has 1 aliphatic rings. The quantitative estimate of drug-likeness (QED) is 0.828. The van der Waals surface area contributed by atoms with Gasteiger partial charge in [0.1, 0.15) is 0 Å². The highest BCUT2D eigenvalue weighted by atomic mass is 127. The predicted octanol–water partition coefficient (Wildman–Crippen LogP) is 1.65. The number of rotatable bonds is 2. The van der Waals surface area contributed by atoms with Crippen LogP contribution in [0, 0.1) is 3.57 Å². The summed E-state index contributed by atoms with van der Waals surface area (Å²) >= 11 is 2.28. The fraction of sp³-hybridized carbons (Fsp3) is 0.462. The summed E-state index contributed by atoms with van der Waals surface area (Å²) in [7, 11) is 0. The van der Waals surface area contributed by atoms with E-state index in [1.807, 2.05) is 23.1 Å². The Labute approximate surface area is 116 Å². The number of hydrogen-bond acceptors (Lipinski definition) is 2. The van der Waals surface area contributed by atoms with Gasteiger partial charge >= 0.3 is 0 Å². The van der Waals surface area contributed by atoms with E-state index in [4.69, 9.17) is 0 Å². The second-order valence-electron chi connectivity index (χ2n) is 4.45. The van der Waals surface area contributed by atoms with Crippen LogP contribution >= 0.6 is 22.6 Å². The zero-order valence-corrected chi connectivity index (χ0v) is 12.1. The summed E-state index contributed by atoms with van der Waals surface area (Å²) in [5.41, 5.74) is 1.10. The summed E-state index contributed by atoms with van der Waals surface area (Å²) < 4.78 is 1.18. The van der Waals surface area contributed by atoms with Gasteiger partial charge in [-0.05, 0) is 47.2 Å². The largest absolute Gasteiger partial charge is 0.337 e. The Morgan fingerprint density at radius 2 is 2.41 bits per heavy atom. The van der Waals surface area contributed by atoms with Gasteiger partial charge in [0.2, 0.25) is 5.91 Å². The van der Waals surface area contributed by atoms with Crippen LogP contribution in [0.25, 0.3) is 0 Å². The average Bonchev–Trinajstić information content (AvgIpc) is 2.29. The van der Waals surface area contributed by atoms with Crippen molar-refractivity contribution in [1.82, 2.24) is 10.2 Å². The average molecular weight is 344 g/mol. The molecule has 17 heavy (non-hydrogen) atoms.